The maximum atomic E-state index is 5.67. The first-order valence-corrected chi connectivity index (χ1v) is 6.91. The molecule has 0 amide bonds. The van der Waals surface area contributed by atoms with Gasteiger partial charge in [0.25, 0.3) is 0 Å². The van der Waals surface area contributed by atoms with Gasteiger partial charge in [-0.1, -0.05) is 12.1 Å². The molecule has 1 aromatic carbocycles. The van der Waals surface area contributed by atoms with Gasteiger partial charge in [0.2, 0.25) is 0 Å². The number of hydrogen-bond donors (Lipinski definition) is 1. The summed E-state index contributed by atoms with van der Waals surface area (Å²) in [5.74, 6) is 0. The summed E-state index contributed by atoms with van der Waals surface area (Å²) < 4.78 is 5.64. The number of nitrogens with zero attached hydrogens (tertiary/aromatic N) is 1. The summed E-state index contributed by atoms with van der Waals surface area (Å²) in [4.78, 5) is 2.30. The van der Waals surface area contributed by atoms with Crippen molar-refractivity contribution < 1.29 is 4.74 Å². The lowest BCUT2D eigenvalue weighted by atomic mass is 10.1. The molecule has 3 heteroatoms. The summed E-state index contributed by atoms with van der Waals surface area (Å²) in [6.45, 7) is 2.64. The summed E-state index contributed by atoms with van der Waals surface area (Å²) in [5.41, 5.74) is 8.11. The zero-order valence-electron chi connectivity index (χ0n) is 11.3. The van der Waals surface area contributed by atoms with Gasteiger partial charge in [-0.3, -0.25) is 0 Å². The first kappa shape index (κ1) is 13.4. The lowest BCUT2D eigenvalue weighted by Gasteiger charge is -2.20. The van der Waals surface area contributed by atoms with Gasteiger partial charge in [-0.05, 0) is 43.4 Å². The highest BCUT2D eigenvalue weighted by atomic mass is 16.5. The minimum absolute atomic E-state index is 0.508. The molecule has 1 fully saturated rings. The molecule has 1 aliphatic rings. The number of benzene rings is 1. The Labute approximate surface area is 110 Å². The van der Waals surface area contributed by atoms with Crippen LogP contribution < -0.4 is 10.6 Å². The summed E-state index contributed by atoms with van der Waals surface area (Å²) >= 11 is 0. The molecule has 3 nitrogen and oxygen atoms in total. The maximum Gasteiger partial charge on any atom is 0.0576 e. The number of nitrogens with two attached hydrogens (primary N) is 1. The van der Waals surface area contributed by atoms with Gasteiger partial charge in [-0.15, -0.1) is 0 Å². The first-order valence-electron chi connectivity index (χ1n) is 6.91. The predicted molar refractivity (Wildman–Crippen MR) is 75.8 cm³/mol. The maximum absolute atomic E-state index is 5.67. The second-order valence-corrected chi connectivity index (χ2v) is 5.07. The van der Waals surface area contributed by atoms with E-state index in [1.165, 1.54) is 36.9 Å². The van der Waals surface area contributed by atoms with E-state index in [2.05, 4.69) is 36.2 Å². The number of hydrogen-bond acceptors (Lipinski definition) is 3. The van der Waals surface area contributed by atoms with E-state index in [9.17, 15) is 0 Å². The Kier molecular flexibility index (Phi) is 5.02. The van der Waals surface area contributed by atoms with Crippen molar-refractivity contribution in [3.05, 3.63) is 29.8 Å². The molecular formula is C15H24N2O. The fourth-order valence-corrected chi connectivity index (χ4v) is 2.48. The fraction of sp³-hybridized carbons (Fsp3) is 0.600. The molecule has 1 aromatic rings. The van der Waals surface area contributed by atoms with E-state index in [1.807, 2.05) is 0 Å². The molecule has 0 aliphatic carbocycles. The Bertz CT molecular complexity index is 361. The van der Waals surface area contributed by atoms with Crippen molar-refractivity contribution in [2.24, 2.45) is 5.73 Å². The summed E-state index contributed by atoms with van der Waals surface area (Å²) in [6.07, 6.45) is 5.36. The Morgan fingerprint density at radius 1 is 1.44 bits per heavy atom. The van der Waals surface area contributed by atoms with Crippen molar-refractivity contribution >= 4 is 5.69 Å². The van der Waals surface area contributed by atoms with Crippen LogP contribution in [0, 0.1) is 0 Å². The molecule has 0 spiro atoms. The standard InChI is InChI=1S/C15H24N2O/c1-17(9-3-7-15-8-4-10-18-15)14-6-2-5-13(11-14)12-16/h2,5-6,11,15H,3-4,7-10,12,16H2,1H3. The van der Waals surface area contributed by atoms with Gasteiger partial charge in [-0.2, -0.15) is 0 Å². The molecular weight excluding hydrogens is 224 g/mol. The van der Waals surface area contributed by atoms with Crippen molar-refractivity contribution in [3.8, 4) is 0 Å². The van der Waals surface area contributed by atoms with E-state index < -0.39 is 0 Å². The molecule has 1 saturated heterocycles. The van der Waals surface area contributed by atoms with Crippen molar-refractivity contribution in [2.45, 2.75) is 38.3 Å². The fourth-order valence-electron chi connectivity index (χ4n) is 2.48. The second-order valence-electron chi connectivity index (χ2n) is 5.07. The van der Waals surface area contributed by atoms with E-state index in [0.717, 1.165) is 13.2 Å². The normalized spacial score (nSPS) is 19.1. The quantitative estimate of drug-likeness (QED) is 0.841. The van der Waals surface area contributed by atoms with Gasteiger partial charge in [0.05, 0.1) is 6.10 Å². The zero-order valence-corrected chi connectivity index (χ0v) is 11.3. The molecule has 1 atom stereocenters. The van der Waals surface area contributed by atoms with Gasteiger partial charge in [0.1, 0.15) is 0 Å². The van der Waals surface area contributed by atoms with Crippen LogP contribution in [0.15, 0.2) is 24.3 Å². The van der Waals surface area contributed by atoms with E-state index in [-0.39, 0.29) is 0 Å². The van der Waals surface area contributed by atoms with E-state index >= 15 is 0 Å². The van der Waals surface area contributed by atoms with Crippen LogP contribution in [0.3, 0.4) is 0 Å². The highest BCUT2D eigenvalue weighted by Crippen LogP contribution is 2.19. The topological polar surface area (TPSA) is 38.5 Å². The summed E-state index contributed by atoms with van der Waals surface area (Å²) in [6, 6.07) is 8.47. The molecule has 100 valence electrons. The minimum Gasteiger partial charge on any atom is -0.378 e. The Hall–Kier alpha value is -1.06. The van der Waals surface area contributed by atoms with E-state index in [0.29, 0.717) is 12.6 Å². The number of anilines is 1. The predicted octanol–water partition coefficient (Wildman–Crippen LogP) is 2.54. The third-order valence-corrected chi connectivity index (χ3v) is 3.63. The smallest absolute Gasteiger partial charge is 0.0576 e. The molecule has 18 heavy (non-hydrogen) atoms. The molecule has 0 bridgehead atoms. The third-order valence-electron chi connectivity index (χ3n) is 3.63. The van der Waals surface area contributed by atoms with Crippen LogP contribution in [0.5, 0.6) is 0 Å². The van der Waals surface area contributed by atoms with Gasteiger partial charge in [-0.25, -0.2) is 0 Å². The van der Waals surface area contributed by atoms with E-state index in [4.69, 9.17) is 10.5 Å². The molecule has 0 radical (unpaired) electrons. The number of rotatable bonds is 6. The monoisotopic (exact) mass is 248 g/mol. The van der Waals surface area contributed by atoms with Crippen molar-refractivity contribution in [1.29, 1.82) is 0 Å². The van der Waals surface area contributed by atoms with Crippen LogP contribution in [0.2, 0.25) is 0 Å². The third kappa shape index (κ3) is 3.72. The van der Waals surface area contributed by atoms with Gasteiger partial charge in [0.15, 0.2) is 0 Å². The van der Waals surface area contributed by atoms with Crippen LogP contribution in [0.4, 0.5) is 5.69 Å². The van der Waals surface area contributed by atoms with Crippen molar-refractivity contribution in [2.75, 3.05) is 25.1 Å². The Morgan fingerprint density at radius 2 is 2.33 bits per heavy atom. The van der Waals surface area contributed by atoms with Gasteiger partial charge >= 0.3 is 0 Å². The Balaban J connectivity index is 1.77. The molecule has 0 aromatic heterocycles. The molecule has 0 saturated carbocycles. The summed E-state index contributed by atoms with van der Waals surface area (Å²) in [5, 5.41) is 0. The molecule has 2 rings (SSSR count). The second kappa shape index (κ2) is 6.76. The van der Waals surface area contributed by atoms with Crippen LogP contribution in [0.25, 0.3) is 0 Å². The molecule has 1 unspecified atom stereocenters. The summed E-state index contributed by atoms with van der Waals surface area (Å²) in [7, 11) is 2.14. The van der Waals surface area contributed by atoms with Crippen LogP contribution in [0.1, 0.15) is 31.2 Å². The van der Waals surface area contributed by atoms with Gasteiger partial charge in [0, 0.05) is 32.4 Å². The van der Waals surface area contributed by atoms with Crippen LogP contribution in [-0.4, -0.2) is 26.3 Å². The van der Waals surface area contributed by atoms with Crippen molar-refractivity contribution in [3.63, 3.8) is 0 Å². The molecule has 2 N–H and O–H groups in total. The Morgan fingerprint density at radius 3 is 3.06 bits per heavy atom. The largest absolute Gasteiger partial charge is 0.378 e. The lowest BCUT2D eigenvalue weighted by molar-refractivity contribution is 0.103. The average molecular weight is 248 g/mol. The molecule has 1 aliphatic heterocycles. The molecule has 1 heterocycles. The number of ether oxygens (including phenoxy) is 1. The lowest BCUT2D eigenvalue weighted by Crippen LogP contribution is -2.20. The van der Waals surface area contributed by atoms with E-state index in [1.54, 1.807) is 0 Å². The van der Waals surface area contributed by atoms with Crippen LogP contribution >= 0.6 is 0 Å². The first-order chi connectivity index (χ1) is 8.79. The average Bonchev–Trinajstić information content (AvgIpc) is 2.92. The van der Waals surface area contributed by atoms with Crippen molar-refractivity contribution in [1.82, 2.24) is 0 Å². The minimum atomic E-state index is 0.508. The van der Waals surface area contributed by atoms with Gasteiger partial charge < -0.3 is 15.4 Å². The highest BCUT2D eigenvalue weighted by Gasteiger charge is 2.14. The SMILES string of the molecule is CN(CCCC1CCCO1)c1cccc(CN)c1. The highest BCUT2D eigenvalue weighted by molar-refractivity contribution is 5.47. The zero-order chi connectivity index (χ0) is 12.8. The van der Waals surface area contributed by atoms with Crippen LogP contribution in [-0.2, 0) is 11.3 Å².